The molecule has 0 bridgehead atoms. The number of carbonyl (C=O) groups excluding carboxylic acids is 1. The number of hydrogen-bond donors (Lipinski definition) is 1. The molecule has 1 saturated carbocycles. The molecule has 1 saturated heterocycles. The maximum atomic E-state index is 12.9. The molecule has 1 aliphatic heterocycles. The molecule has 1 heterocycles. The third-order valence-electron chi connectivity index (χ3n) is 5.37. The summed E-state index contributed by atoms with van der Waals surface area (Å²) >= 11 is 0. The minimum Gasteiger partial charge on any atom is -0.376 e. The highest BCUT2D eigenvalue weighted by Gasteiger charge is 2.38. The fraction of sp³-hybridized carbons (Fsp3) is 0.947. The lowest BCUT2D eigenvalue weighted by molar-refractivity contribution is -0.139. The predicted octanol–water partition coefficient (Wildman–Crippen LogP) is 3.58. The van der Waals surface area contributed by atoms with E-state index in [1.807, 2.05) is 18.7 Å². The zero-order valence-corrected chi connectivity index (χ0v) is 16.0. The topological polar surface area (TPSA) is 55.6 Å². The second-order valence-corrected chi connectivity index (χ2v) is 7.11. The zero-order chi connectivity index (χ0) is 17.6. The Labute approximate surface area is 143 Å². The van der Waals surface area contributed by atoms with E-state index in [0.717, 1.165) is 25.8 Å². The van der Waals surface area contributed by atoms with Gasteiger partial charge < -0.3 is 15.4 Å². The lowest BCUT2D eigenvalue weighted by atomic mass is 9.85. The average molecular weight is 327 g/mol. The van der Waals surface area contributed by atoms with Crippen LogP contribution >= 0.6 is 0 Å². The molecule has 5 atom stereocenters. The lowest BCUT2D eigenvalue weighted by Crippen LogP contribution is -2.53. The van der Waals surface area contributed by atoms with Crippen molar-refractivity contribution >= 4 is 5.91 Å². The molecule has 0 aromatic rings. The molecule has 2 aliphatic rings. The lowest BCUT2D eigenvalue weighted by Gasteiger charge is -2.38. The van der Waals surface area contributed by atoms with Crippen LogP contribution in [0.1, 0.15) is 73.6 Å². The van der Waals surface area contributed by atoms with Crippen LogP contribution in [0.25, 0.3) is 0 Å². The Morgan fingerprint density at radius 2 is 1.74 bits per heavy atom. The van der Waals surface area contributed by atoms with Gasteiger partial charge >= 0.3 is 0 Å². The summed E-state index contributed by atoms with van der Waals surface area (Å²) in [6, 6.07) is 0.0230. The van der Waals surface area contributed by atoms with Gasteiger partial charge in [0.2, 0.25) is 5.91 Å². The van der Waals surface area contributed by atoms with Crippen LogP contribution in [0.15, 0.2) is 0 Å². The Balaban J connectivity index is 0.00000127. The first-order valence-corrected chi connectivity index (χ1v) is 9.65. The summed E-state index contributed by atoms with van der Waals surface area (Å²) in [4.78, 5) is 14.9. The van der Waals surface area contributed by atoms with Crippen LogP contribution in [0, 0.1) is 11.8 Å². The van der Waals surface area contributed by atoms with Crippen molar-refractivity contribution < 1.29 is 9.53 Å². The predicted molar refractivity (Wildman–Crippen MR) is 96.2 cm³/mol. The number of nitrogens with zero attached hydrogens (tertiary/aromatic N) is 1. The first kappa shape index (κ1) is 20.4. The maximum Gasteiger partial charge on any atom is 0.240 e. The Hall–Kier alpha value is -0.610. The zero-order valence-electron chi connectivity index (χ0n) is 16.0. The van der Waals surface area contributed by atoms with Crippen LogP contribution in [0.3, 0.4) is 0 Å². The number of hydrogen-bond acceptors (Lipinski definition) is 3. The van der Waals surface area contributed by atoms with Gasteiger partial charge in [-0.3, -0.25) is 4.79 Å². The highest BCUT2D eigenvalue weighted by atomic mass is 16.5. The average Bonchev–Trinajstić information content (AvgIpc) is 2.94. The van der Waals surface area contributed by atoms with Gasteiger partial charge in [-0.15, -0.1) is 0 Å². The van der Waals surface area contributed by atoms with E-state index in [4.69, 9.17) is 10.5 Å². The molecule has 4 nitrogen and oxygen atoms in total. The van der Waals surface area contributed by atoms with Crippen molar-refractivity contribution in [1.29, 1.82) is 0 Å². The fourth-order valence-electron chi connectivity index (χ4n) is 4.29. The van der Waals surface area contributed by atoms with Crippen LogP contribution in [0.2, 0.25) is 0 Å². The van der Waals surface area contributed by atoms with E-state index < -0.39 is 0 Å². The van der Waals surface area contributed by atoms with Crippen molar-refractivity contribution in [1.82, 2.24) is 4.90 Å². The molecule has 136 valence electrons. The molecule has 2 rings (SSSR count). The SMILES string of the molecule is CC.CCN(C(=O)C(N)C1CC(C)OC(C)C1)C1CCCC1C. The molecular formula is C19H38N2O2. The van der Waals surface area contributed by atoms with E-state index >= 15 is 0 Å². The summed E-state index contributed by atoms with van der Waals surface area (Å²) in [5.41, 5.74) is 6.36. The summed E-state index contributed by atoms with van der Waals surface area (Å²) in [5, 5.41) is 0. The Bertz CT molecular complexity index is 351. The summed E-state index contributed by atoms with van der Waals surface area (Å²) in [6.07, 6.45) is 5.81. The highest BCUT2D eigenvalue weighted by Crippen LogP contribution is 2.32. The number of rotatable bonds is 4. The Morgan fingerprint density at radius 1 is 1.17 bits per heavy atom. The molecule has 5 unspecified atom stereocenters. The molecule has 1 amide bonds. The van der Waals surface area contributed by atoms with Crippen LogP contribution in [-0.4, -0.2) is 41.6 Å². The molecular weight excluding hydrogens is 288 g/mol. The summed E-state index contributed by atoms with van der Waals surface area (Å²) in [5.74, 6) is 1.01. The first-order chi connectivity index (χ1) is 10.9. The van der Waals surface area contributed by atoms with Gasteiger partial charge in [0.25, 0.3) is 0 Å². The number of ether oxygens (including phenoxy) is 1. The smallest absolute Gasteiger partial charge is 0.240 e. The third-order valence-corrected chi connectivity index (χ3v) is 5.37. The Kier molecular flexibility index (Phi) is 8.56. The van der Waals surface area contributed by atoms with E-state index in [0.29, 0.717) is 12.0 Å². The van der Waals surface area contributed by atoms with Gasteiger partial charge in [-0.2, -0.15) is 0 Å². The van der Waals surface area contributed by atoms with E-state index in [1.165, 1.54) is 12.8 Å². The summed E-state index contributed by atoms with van der Waals surface area (Å²) < 4.78 is 5.77. The van der Waals surface area contributed by atoms with Crippen molar-refractivity contribution in [2.45, 2.75) is 97.9 Å². The van der Waals surface area contributed by atoms with Gasteiger partial charge in [0.05, 0.1) is 18.2 Å². The molecule has 0 radical (unpaired) electrons. The van der Waals surface area contributed by atoms with E-state index in [9.17, 15) is 4.79 Å². The number of amides is 1. The standard InChI is InChI=1S/C17H32N2O2.C2H6/c1-5-19(15-8-6-7-11(15)2)17(20)16(18)14-9-12(3)21-13(4)10-14;1-2/h11-16H,5-10,18H2,1-4H3;1-2H3. The summed E-state index contributed by atoms with van der Waals surface area (Å²) in [7, 11) is 0. The Morgan fingerprint density at radius 3 is 2.17 bits per heavy atom. The third kappa shape index (κ3) is 5.18. The van der Waals surface area contributed by atoms with E-state index in [2.05, 4.69) is 27.7 Å². The van der Waals surface area contributed by atoms with Crippen molar-refractivity contribution in [3.8, 4) is 0 Å². The minimum atomic E-state index is -0.369. The highest BCUT2D eigenvalue weighted by molar-refractivity contribution is 5.82. The fourth-order valence-corrected chi connectivity index (χ4v) is 4.29. The maximum absolute atomic E-state index is 12.9. The van der Waals surface area contributed by atoms with Crippen LogP contribution < -0.4 is 5.73 Å². The normalized spacial score (nSPS) is 35.2. The van der Waals surface area contributed by atoms with Crippen LogP contribution in [0.5, 0.6) is 0 Å². The number of likely N-dealkylation sites (N-methyl/N-ethyl adjacent to an activating group) is 1. The van der Waals surface area contributed by atoms with Gasteiger partial charge in [-0.25, -0.2) is 0 Å². The quantitative estimate of drug-likeness (QED) is 0.859. The van der Waals surface area contributed by atoms with Gasteiger partial charge in [0.1, 0.15) is 0 Å². The molecule has 1 aliphatic carbocycles. The molecule has 23 heavy (non-hydrogen) atoms. The first-order valence-electron chi connectivity index (χ1n) is 9.65. The monoisotopic (exact) mass is 326 g/mol. The minimum absolute atomic E-state index is 0.155. The van der Waals surface area contributed by atoms with Crippen molar-refractivity contribution in [3.05, 3.63) is 0 Å². The van der Waals surface area contributed by atoms with Gasteiger partial charge in [-0.1, -0.05) is 27.2 Å². The van der Waals surface area contributed by atoms with E-state index in [-0.39, 0.29) is 30.1 Å². The van der Waals surface area contributed by atoms with Crippen LogP contribution in [-0.2, 0) is 9.53 Å². The molecule has 2 N–H and O–H groups in total. The molecule has 0 spiro atoms. The second-order valence-electron chi connectivity index (χ2n) is 7.11. The van der Waals surface area contributed by atoms with Crippen molar-refractivity contribution in [2.75, 3.05) is 6.54 Å². The van der Waals surface area contributed by atoms with Gasteiger partial charge in [0.15, 0.2) is 0 Å². The molecule has 4 heteroatoms. The van der Waals surface area contributed by atoms with E-state index in [1.54, 1.807) is 0 Å². The van der Waals surface area contributed by atoms with Crippen molar-refractivity contribution in [3.63, 3.8) is 0 Å². The number of nitrogens with two attached hydrogens (primary N) is 1. The molecule has 2 fully saturated rings. The van der Waals surface area contributed by atoms with Crippen molar-refractivity contribution in [2.24, 2.45) is 17.6 Å². The second kappa shape index (κ2) is 9.63. The molecule has 0 aromatic heterocycles. The van der Waals surface area contributed by atoms with Crippen LogP contribution in [0.4, 0.5) is 0 Å². The summed E-state index contributed by atoms with van der Waals surface area (Å²) in [6.45, 7) is 13.3. The molecule has 0 aromatic carbocycles. The largest absolute Gasteiger partial charge is 0.376 e. The van der Waals surface area contributed by atoms with Gasteiger partial charge in [-0.05, 0) is 58.3 Å². The number of carbonyl (C=O) groups is 1. The van der Waals surface area contributed by atoms with Gasteiger partial charge in [0, 0.05) is 12.6 Å².